The van der Waals surface area contributed by atoms with E-state index in [4.69, 9.17) is 14.5 Å². The molecule has 1 aliphatic rings. The molecule has 7 heteroatoms. The number of hydrogen-bond acceptors (Lipinski definition) is 5. The van der Waals surface area contributed by atoms with Crippen LogP contribution in [0.5, 0.6) is 11.5 Å². The molecule has 0 amide bonds. The summed E-state index contributed by atoms with van der Waals surface area (Å²) in [6.07, 6.45) is 0.768. The zero-order valence-corrected chi connectivity index (χ0v) is 11.2. The van der Waals surface area contributed by atoms with Gasteiger partial charge in [-0.25, -0.2) is 0 Å². The first-order valence-electron chi connectivity index (χ1n) is 6.57. The number of benzene rings is 1. The summed E-state index contributed by atoms with van der Waals surface area (Å²) in [6, 6.07) is 2.79. The van der Waals surface area contributed by atoms with E-state index in [1.807, 2.05) is 6.92 Å². The predicted molar refractivity (Wildman–Crippen MR) is 72.2 cm³/mol. The van der Waals surface area contributed by atoms with Crippen molar-refractivity contribution in [2.75, 3.05) is 6.61 Å². The zero-order valence-electron chi connectivity index (χ0n) is 11.2. The minimum Gasteiger partial charge on any atom is -0.508 e. The highest BCUT2D eigenvalue weighted by Crippen LogP contribution is 2.36. The molecule has 1 aromatic rings. The number of carboxylic acid groups (broad SMARTS) is 1. The topological polar surface area (TPSA) is 96.2 Å². The van der Waals surface area contributed by atoms with Crippen molar-refractivity contribution < 1.29 is 29.4 Å². The number of hydrogen-bond donors (Lipinski definition) is 3. The smallest absolute Gasteiger partial charge is 0.492 e. The van der Waals surface area contributed by atoms with E-state index in [1.165, 1.54) is 12.1 Å². The molecule has 0 fully saturated rings. The number of aromatic hydroxyl groups is 1. The molecule has 108 valence electrons. The lowest BCUT2D eigenvalue weighted by molar-refractivity contribution is -0.138. The van der Waals surface area contributed by atoms with Crippen LogP contribution in [0, 0.1) is 0 Å². The second-order valence-electron chi connectivity index (χ2n) is 4.72. The molecule has 0 saturated carbocycles. The van der Waals surface area contributed by atoms with Crippen LogP contribution in [0.4, 0.5) is 0 Å². The van der Waals surface area contributed by atoms with Gasteiger partial charge in [-0.05, 0) is 17.9 Å². The summed E-state index contributed by atoms with van der Waals surface area (Å²) in [4.78, 5) is 10.9. The maximum atomic E-state index is 10.9. The predicted octanol–water partition coefficient (Wildman–Crippen LogP) is 0.805. The molecule has 0 bridgehead atoms. The van der Waals surface area contributed by atoms with E-state index >= 15 is 0 Å². The van der Waals surface area contributed by atoms with E-state index in [-0.39, 0.29) is 12.2 Å². The third-order valence-electron chi connectivity index (χ3n) is 3.16. The van der Waals surface area contributed by atoms with Crippen LogP contribution >= 0.6 is 0 Å². The molecule has 1 aromatic carbocycles. The fraction of sp³-hybridized carbons (Fsp3) is 0.462. The number of carbonyl (C=O) groups is 1. The number of aliphatic carboxylic acids is 1. The molecular formula is C13H17BO6. The van der Waals surface area contributed by atoms with Crippen molar-refractivity contribution in [2.24, 2.45) is 0 Å². The van der Waals surface area contributed by atoms with Gasteiger partial charge < -0.3 is 24.6 Å². The molecule has 0 spiro atoms. The molecule has 1 unspecified atom stereocenters. The van der Waals surface area contributed by atoms with Gasteiger partial charge in [-0.15, -0.1) is 0 Å². The van der Waals surface area contributed by atoms with Crippen molar-refractivity contribution >= 4 is 18.6 Å². The van der Waals surface area contributed by atoms with Gasteiger partial charge in [0.2, 0.25) is 0 Å². The van der Waals surface area contributed by atoms with E-state index in [1.54, 1.807) is 0 Å². The summed E-state index contributed by atoms with van der Waals surface area (Å²) < 4.78 is 10.8. The second-order valence-corrected chi connectivity index (χ2v) is 4.72. The minimum absolute atomic E-state index is 0.0473. The fourth-order valence-electron chi connectivity index (χ4n) is 2.23. The maximum Gasteiger partial charge on any atom is 0.492 e. The lowest BCUT2D eigenvalue weighted by atomic mass is 9.78. The highest BCUT2D eigenvalue weighted by molar-refractivity contribution is 6.62. The Kier molecular flexibility index (Phi) is 4.51. The molecule has 20 heavy (non-hydrogen) atoms. The van der Waals surface area contributed by atoms with E-state index in [0.717, 1.165) is 12.8 Å². The van der Waals surface area contributed by atoms with Crippen LogP contribution in [0.3, 0.4) is 0 Å². The molecule has 0 saturated heterocycles. The normalized spacial score (nSPS) is 17.1. The third kappa shape index (κ3) is 3.05. The molecule has 0 radical (unpaired) electrons. The van der Waals surface area contributed by atoms with Crippen molar-refractivity contribution in [2.45, 2.75) is 32.3 Å². The molecule has 1 atom stereocenters. The van der Waals surface area contributed by atoms with Crippen molar-refractivity contribution in [1.29, 1.82) is 0 Å². The molecule has 2 rings (SSSR count). The monoisotopic (exact) mass is 280 g/mol. The first-order chi connectivity index (χ1) is 9.52. The molecule has 1 aliphatic heterocycles. The number of rotatable bonds is 6. The van der Waals surface area contributed by atoms with Crippen molar-refractivity contribution in [3.05, 3.63) is 17.7 Å². The summed E-state index contributed by atoms with van der Waals surface area (Å²) in [7, 11) is -1.24. The van der Waals surface area contributed by atoms with Gasteiger partial charge in [-0.1, -0.05) is 13.3 Å². The third-order valence-corrected chi connectivity index (χ3v) is 3.16. The molecule has 3 N–H and O–H groups in total. The summed E-state index contributed by atoms with van der Waals surface area (Å²) in [5.74, 6) is -0.701. The van der Waals surface area contributed by atoms with Gasteiger partial charge in [0.1, 0.15) is 11.5 Å². The summed E-state index contributed by atoms with van der Waals surface area (Å²) in [5.41, 5.74) is 0.872. The van der Waals surface area contributed by atoms with Gasteiger partial charge in [0, 0.05) is 11.6 Å². The Bertz CT molecular complexity index is 504. The van der Waals surface area contributed by atoms with Crippen LogP contribution in [0.2, 0.25) is 0 Å². The highest BCUT2D eigenvalue weighted by atomic mass is 16.5. The number of carboxylic acids is 1. The van der Waals surface area contributed by atoms with Crippen molar-refractivity contribution in [1.82, 2.24) is 0 Å². The summed E-state index contributed by atoms with van der Waals surface area (Å²) >= 11 is 0. The Hall–Kier alpha value is -1.73. The standard InChI is InChI=1S/C13H17BO6/c1-2-3-4-19-10-6-8(15)5-9-13(10)11(7-12(16)17)20-14(9)18/h5-6,11,15,18H,2-4,7H2,1H3,(H,16,17). The first-order valence-corrected chi connectivity index (χ1v) is 6.57. The van der Waals surface area contributed by atoms with Gasteiger partial charge in [-0.3, -0.25) is 4.79 Å². The average molecular weight is 280 g/mol. The Morgan fingerprint density at radius 3 is 2.90 bits per heavy atom. The van der Waals surface area contributed by atoms with Gasteiger partial charge in [0.05, 0.1) is 19.1 Å². The summed E-state index contributed by atoms with van der Waals surface area (Å²) in [6.45, 7) is 2.48. The van der Waals surface area contributed by atoms with Gasteiger partial charge in [0.15, 0.2) is 0 Å². The van der Waals surface area contributed by atoms with Crippen molar-refractivity contribution in [3.8, 4) is 11.5 Å². The minimum atomic E-state index is -1.24. The number of unbranched alkanes of at least 4 members (excludes halogenated alkanes) is 1. The fourth-order valence-corrected chi connectivity index (χ4v) is 2.23. The zero-order chi connectivity index (χ0) is 14.7. The summed E-state index contributed by atoms with van der Waals surface area (Å²) in [5, 5.41) is 28.4. The molecule has 1 heterocycles. The quantitative estimate of drug-likeness (QED) is 0.527. The van der Waals surface area contributed by atoms with Gasteiger partial charge >= 0.3 is 13.1 Å². The van der Waals surface area contributed by atoms with E-state index in [0.29, 0.717) is 23.4 Å². The SMILES string of the molecule is CCCCOc1cc(O)cc2c1C(CC(=O)O)OB2O. The molecule has 0 aromatic heterocycles. The van der Waals surface area contributed by atoms with Gasteiger partial charge in [-0.2, -0.15) is 0 Å². The lowest BCUT2D eigenvalue weighted by Crippen LogP contribution is -2.28. The Balaban J connectivity index is 2.32. The molecule has 6 nitrogen and oxygen atoms in total. The molecule has 0 aliphatic carbocycles. The van der Waals surface area contributed by atoms with Crippen molar-refractivity contribution in [3.63, 3.8) is 0 Å². The van der Waals surface area contributed by atoms with Crippen LogP contribution in [-0.2, 0) is 9.45 Å². The Labute approximate surface area is 117 Å². The second kappa shape index (κ2) is 6.15. The van der Waals surface area contributed by atoms with Crippen LogP contribution in [-0.4, -0.2) is 34.9 Å². The maximum absolute atomic E-state index is 10.9. The highest BCUT2D eigenvalue weighted by Gasteiger charge is 2.39. The van der Waals surface area contributed by atoms with Crippen LogP contribution in [0.1, 0.15) is 37.9 Å². The van der Waals surface area contributed by atoms with Crippen LogP contribution in [0.25, 0.3) is 0 Å². The largest absolute Gasteiger partial charge is 0.508 e. The number of phenols is 1. The average Bonchev–Trinajstić information content (AvgIpc) is 2.65. The molecular weight excluding hydrogens is 263 g/mol. The lowest BCUT2D eigenvalue weighted by Gasteiger charge is -2.15. The van der Waals surface area contributed by atoms with E-state index < -0.39 is 19.2 Å². The van der Waals surface area contributed by atoms with E-state index in [9.17, 15) is 14.9 Å². The Morgan fingerprint density at radius 2 is 2.25 bits per heavy atom. The van der Waals surface area contributed by atoms with Crippen LogP contribution in [0.15, 0.2) is 12.1 Å². The number of phenolic OH excluding ortho intramolecular Hbond substituents is 1. The Morgan fingerprint density at radius 1 is 1.50 bits per heavy atom. The van der Waals surface area contributed by atoms with E-state index in [2.05, 4.69) is 0 Å². The van der Waals surface area contributed by atoms with Gasteiger partial charge in [0.25, 0.3) is 0 Å². The van der Waals surface area contributed by atoms with Crippen LogP contribution < -0.4 is 10.2 Å². The number of ether oxygens (including phenoxy) is 1. The first kappa shape index (κ1) is 14.7. The number of fused-ring (bicyclic) bond motifs is 1.